The molecular formula is C18H23F3. The SMILES string of the molecule is CCCCCC1CC=C(c2ccc(C(F)(F)F)cc2)CC1. The molecule has 0 aromatic heterocycles. The van der Waals surface area contributed by atoms with Crippen LogP contribution in [0.4, 0.5) is 13.2 Å². The highest BCUT2D eigenvalue weighted by Gasteiger charge is 2.30. The summed E-state index contributed by atoms with van der Waals surface area (Å²) in [5.74, 6) is 0.759. The molecule has 2 rings (SSSR count). The van der Waals surface area contributed by atoms with Gasteiger partial charge in [-0.05, 0) is 48.4 Å². The predicted octanol–water partition coefficient (Wildman–Crippen LogP) is 6.47. The van der Waals surface area contributed by atoms with Crippen LogP contribution >= 0.6 is 0 Å². The highest BCUT2D eigenvalue weighted by Crippen LogP contribution is 2.34. The topological polar surface area (TPSA) is 0 Å². The Balaban J connectivity index is 1.94. The van der Waals surface area contributed by atoms with Gasteiger partial charge in [0.15, 0.2) is 0 Å². The van der Waals surface area contributed by atoms with Crippen LogP contribution in [0.3, 0.4) is 0 Å². The molecule has 0 N–H and O–H groups in total. The minimum Gasteiger partial charge on any atom is -0.166 e. The molecule has 21 heavy (non-hydrogen) atoms. The number of hydrogen-bond acceptors (Lipinski definition) is 0. The Morgan fingerprint density at radius 2 is 1.81 bits per heavy atom. The molecule has 0 saturated carbocycles. The molecule has 0 nitrogen and oxygen atoms in total. The van der Waals surface area contributed by atoms with E-state index in [0.717, 1.165) is 30.7 Å². The Bertz CT molecular complexity index is 468. The van der Waals surface area contributed by atoms with E-state index >= 15 is 0 Å². The first-order valence-corrected chi connectivity index (χ1v) is 7.87. The van der Waals surface area contributed by atoms with Gasteiger partial charge < -0.3 is 0 Å². The Morgan fingerprint density at radius 3 is 2.33 bits per heavy atom. The maximum absolute atomic E-state index is 12.5. The van der Waals surface area contributed by atoms with Gasteiger partial charge in [-0.25, -0.2) is 0 Å². The third-order valence-corrected chi connectivity index (χ3v) is 4.32. The van der Waals surface area contributed by atoms with Gasteiger partial charge in [-0.2, -0.15) is 13.2 Å². The third-order valence-electron chi connectivity index (χ3n) is 4.32. The van der Waals surface area contributed by atoms with Gasteiger partial charge >= 0.3 is 6.18 Å². The molecule has 1 atom stereocenters. The zero-order valence-corrected chi connectivity index (χ0v) is 12.5. The van der Waals surface area contributed by atoms with Gasteiger partial charge in [-0.1, -0.05) is 50.8 Å². The van der Waals surface area contributed by atoms with Crippen LogP contribution in [0.1, 0.15) is 63.0 Å². The zero-order chi connectivity index (χ0) is 15.3. The summed E-state index contributed by atoms with van der Waals surface area (Å²) >= 11 is 0. The molecule has 0 saturated heterocycles. The van der Waals surface area contributed by atoms with Crippen molar-refractivity contribution in [3.8, 4) is 0 Å². The number of rotatable bonds is 5. The van der Waals surface area contributed by atoms with Gasteiger partial charge in [0.2, 0.25) is 0 Å². The Labute approximate surface area is 125 Å². The summed E-state index contributed by atoms with van der Waals surface area (Å²) in [5.41, 5.74) is 1.57. The lowest BCUT2D eigenvalue weighted by Gasteiger charge is -2.22. The maximum Gasteiger partial charge on any atom is 0.416 e. The maximum atomic E-state index is 12.5. The van der Waals surface area contributed by atoms with Gasteiger partial charge in [-0.15, -0.1) is 0 Å². The standard InChI is InChI=1S/C18H23F3/c1-2-3-4-5-14-6-8-15(9-7-14)16-10-12-17(13-11-16)18(19,20)21/h8,10-14H,2-7,9H2,1H3. The van der Waals surface area contributed by atoms with Crippen LogP contribution in [0, 0.1) is 5.92 Å². The summed E-state index contributed by atoms with van der Waals surface area (Å²) < 4.78 is 37.6. The first-order chi connectivity index (χ1) is 10.0. The summed E-state index contributed by atoms with van der Waals surface area (Å²) in [6.45, 7) is 2.21. The minimum atomic E-state index is -4.25. The van der Waals surface area contributed by atoms with Gasteiger partial charge in [0.05, 0.1) is 5.56 Å². The second kappa shape index (κ2) is 7.15. The number of allylic oxidation sites excluding steroid dienone is 2. The summed E-state index contributed by atoms with van der Waals surface area (Å²) in [4.78, 5) is 0. The largest absolute Gasteiger partial charge is 0.416 e. The lowest BCUT2D eigenvalue weighted by atomic mass is 9.84. The first-order valence-electron chi connectivity index (χ1n) is 7.87. The fourth-order valence-corrected chi connectivity index (χ4v) is 2.97. The molecule has 116 valence electrons. The lowest BCUT2D eigenvalue weighted by molar-refractivity contribution is -0.137. The minimum absolute atomic E-state index is 0.569. The molecule has 0 amide bonds. The Morgan fingerprint density at radius 1 is 1.10 bits per heavy atom. The molecule has 0 heterocycles. The number of unbranched alkanes of at least 4 members (excludes halogenated alkanes) is 2. The van der Waals surface area contributed by atoms with E-state index in [-0.39, 0.29) is 0 Å². The van der Waals surface area contributed by atoms with Crippen molar-refractivity contribution >= 4 is 5.57 Å². The highest BCUT2D eigenvalue weighted by molar-refractivity contribution is 5.66. The summed E-state index contributed by atoms with van der Waals surface area (Å²) in [5, 5.41) is 0. The molecule has 0 bridgehead atoms. The van der Waals surface area contributed by atoms with Crippen molar-refractivity contribution in [3.05, 3.63) is 41.5 Å². The first kappa shape index (κ1) is 16.1. The smallest absolute Gasteiger partial charge is 0.166 e. The summed E-state index contributed by atoms with van der Waals surface area (Å²) in [7, 11) is 0. The van der Waals surface area contributed by atoms with E-state index in [2.05, 4.69) is 13.0 Å². The molecule has 1 unspecified atom stereocenters. The van der Waals surface area contributed by atoms with Crippen LogP contribution in [0.15, 0.2) is 30.3 Å². The van der Waals surface area contributed by atoms with E-state index in [1.165, 1.54) is 43.4 Å². The Kier molecular flexibility index (Phi) is 5.49. The predicted molar refractivity (Wildman–Crippen MR) is 80.9 cm³/mol. The van der Waals surface area contributed by atoms with Crippen LogP contribution in [0.5, 0.6) is 0 Å². The summed E-state index contributed by atoms with van der Waals surface area (Å²) in [6.07, 6.45) is 6.33. The van der Waals surface area contributed by atoms with Crippen molar-refractivity contribution in [1.82, 2.24) is 0 Å². The molecule has 0 radical (unpaired) electrons. The quantitative estimate of drug-likeness (QED) is 0.546. The fourth-order valence-electron chi connectivity index (χ4n) is 2.97. The zero-order valence-electron chi connectivity index (χ0n) is 12.5. The molecule has 1 aromatic carbocycles. The van der Waals surface area contributed by atoms with Crippen molar-refractivity contribution in [2.45, 2.75) is 58.0 Å². The third kappa shape index (κ3) is 4.62. The fraction of sp³-hybridized carbons (Fsp3) is 0.556. The van der Waals surface area contributed by atoms with Gasteiger partial charge in [0.25, 0.3) is 0 Å². The van der Waals surface area contributed by atoms with Crippen molar-refractivity contribution < 1.29 is 13.2 Å². The van der Waals surface area contributed by atoms with Gasteiger partial charge in [-0.3, -0.25) is 0 Å². The second-order valence-electron chi connectivity index (χ2n) is 5.94. The van der Waals surface area contributed by atoms with Crippen molar-refractivity contribution in [2.24, 2.45) is 5.92 Å². The van der Waals surface area contributed by atoms with Crippen molar-refractivity contribution in [2.75, 3.05) is 0 Å². The van der Waals surface area contributed by atoms with E-state index in [4.69, 9.17) is 0 Å². The molecule has 0 fully saturated rings. The monoisotopic (exact) mass is 296 g/mol. The average Bonchev–Trinajstić information content (AvgIpc) is 2.48. The molecular weight excluding hydrogens is 273 g/mol. The molecule has 1 aromatic rings. The van der Waals surface area contributed by atoms with Crippen LogP contribution in [0.25, 0.3) is 5.57 Å². The molecule has 0 aliphatic heterocycles. The van der Waals surface area contributed by atoms with Crippen LogP contribution in [0.2, 0.25) is 0 Å². The van der Waals surface area contributed by atoms with Gasteiger partial charge in [0, 0.05) is 0 Å². The molecule has 0 spiro atoms. The summed E-state index contributed by atoms with van der Waals surface area (Å²) in [6, 6.07) is 5.57. The second-order valence-corrected chi connectivity index (χ2v) is 5.94. The van der Waals surface area contributed by atoms with Crippen LogP contribution < -0.4 is 0 Å². The lowest BCUT2D eigenvalue weighted by Crippen LogP contribution is -2.07. The number of hydrogen-bond donors (Lipinski definition) is 0. The van der Waals surface area contributed by atoms with Crippen LogP contribution in [-0.4, -0.2) is 0 Å². The average molecular weight is 296 g/mol. The molecule has 1 aliphatic rings. The van der Waals surface area contributed by atoms with E-state index < -0.39 is 11.7 Å². The van der Waals surface area contributed by atoms with Gasteiger partial charge in [0.1, 0.15) is 0 Å². The highest BCUT2D eigenvalue weighted by atomic mass is 19.4. The van der Waals surface area contributed by atoms with E-state index in [1.54, 1.807) is 12.1 Å². The van der Waals surface area contributed by atoms with Crippen molar-refractivity contribution in [1.29, 1.82) is 0 Å². The number of halogens is 3. The van der Waals surface area contributed by atoms with Crippen molar-refractivity contribution in [3.63, 3.8) is 0 Å². The molecule has 3 heteroatoms. The van der Waals surface area contributed by atoms with E-state index in [0.29, 0.717) is 0 Å². The number of alkyl halides is 3. The molecule has 1 aliphatic carbocycles. The number of benzene rings is 1. The Hall–Kier alpha value is -1.25. The normalized spacial score (nSPS) is 19.4. The van der Waals surface area contributed by atoms with E-state index in [1.807, 2.05) is 0 Å². The van der Waals surface area contributed by atoms with Crippen LogP contribution in [-0.2, 0) is 6.18 Å². The van der Waals surface area contributed by atoms with E-state index in [9.17, 15) is 13.2 Å².